The molecule has 0 spiro atoms. The van der Waals surface area contributed by atoms with Crippen LogP contribution >= 0.6 is 11.3 Å². The summed E-state index contributed by atoms with van der Waals surface area (Å²) in [5, 5.41) is 3.45. The van der Waals surface area contributed by atoms with E-state index in [0.29, 0.717) is 16.8 Å². The summed E-state index contributed by atoms with van der Waals surface area (Å²) < 4.78 is 27.5. The van der Waals surface area contributed by atoms with E-state index in [-0.39, 0.29) is 0 Å². The Bertz CT molecular complexity index is 522. The van der Waals surface area contributed by atoms with Crippen LogP contribution in [0.3, 0.4) is 0 Å². The predicted molar refractivity (Wildman–Crippen MR) is 88.4 cm³/mol. The lowest BCUT2D eigenvalue weighted by molar-refractivity contribution is 0.575. The highest BCUT2D eigenvalue weighted by molar-refractivity contribution is 7.91. The molecular weight excluding hydrogens is 304 g/mol. The van der Waals surface area contributed by atoms with Gasteiger partial charge in [0.2, 0.25) is 10.0 Å². The van der Waals surface area contributed by atoms with Gasteiger partial charge in [-0.2, -0.15) is 0 Å². The van der Waals surface area contributed by atoms with Gasteiger partial charge in [-0.15, -0.1) is 11.3 Å². The van der Waals surface area contributed by atoms with Crippen molar-refractivity contribution in [1.29, 1.82) is 0 Å². The standard InChI is InChI=1S/C15H26N2O2S2/c1-2-3-4-5-11-17-21(18,19)15-9-8-14(20-15)10-12-16-13-6-7-13/h8-9,13,16-17H,2-7,10-12H2,1H3. The fourth-order valence-electron chi connectivity index (χ4n) is 2.15. The molecule has 0 radical (unpaired) electrons. The summed E-state index contributed by atoms with van der Waals surface area (Å²) in [6.45, 7) is 3.63. The maximum Gasteiger partial charge on any atom is 0.250 e. The summed E-state index contributed by atoms with van der Waals surface area (Å²) in [6, 6.07) is 4.37. The molecule has 0 aromatic carbocycles. The maximum absolute atomic E-state index is 12.2. The summed E-state index contributed by atoms with van der Waals surface area (Å²) in [6.07, 6.45) is 7.80. The molecule has 1 aliphatic rings. The van der Waals surface area contributed by atoms with Crippen LogP contribution in [0.4, 0.5) is 0 Å². The van der Waals surface area contributed by atoms with Gasteiger partial charge in [-0.3, -0.25) is 0 Å². The van der Waals surface area contributed by atoms with Crippen LogP contribution in [0.2, 0.25) is 0 Å². The van der Waals surface area contributed by atoms with Crippen LogP contribution in [0.25, 0.3) is 0 Å². The van der Waals surface area contributed by atoms with Gasteiger partial charge >= 0.3 is 0 Å². The van der Waals surface area contributed by atoms with Crippen LogP contribution in [0.1, 0.15) is 50.3 Å². The molecule has 0 bridgehead atoms. The van der Waals surface area contributed by atoms with E-state index in [0.717, 1.165) is 37.1 Å². The first-order valence-corrected chi connectivity index (χ1v) is 10.2. The molecule has 4 nitrogen and oxygen atoms in total. The molecule has 21 heavy (non-hydrogen) atoms. The number of thiophene rings is 1. The van der Waals surface area contributed by atoms with Gasteiger partial charge < -0.3 is 5.32 Å². The van der Waals surface area contributed by atoms with Crippen molar-refractivity contribution in [2.24, 2.45) is 0 Å². The minimum Gasteiger partial charge on any atom is -0.314 e. The highest BCUT2D eigenvalue weighted by atomic mass is 32.2. The lowest BCUT2D eigenvalue weighted by Gasteiger charge is -2.04. The Kier molecular flexibility index (Phi) is 6.67. The van der Waals surface area contributed by atoms with E-state index >= 15 is 0 Å². The van der Waals surface area contributed by atoms with Gasteiger partial charge in [0.05, 0.1) is 0 Å². The zero-order valence-electron chi connectivity index (χ0n) is 12.7. The molecule has 1 aromatic rings. The zero-order valence-corrected chi connectivity index (χ0v) is 14.4. The average Bonchev–Trinajstić information content (AvgIpc) is 3.14. The molecule has 1 heterocycles. The normalized spacial score (nSPS) is 15.5. The van der Waals surface area contributed by atoms with Gasteiger partial charge in [-0.25, -0.2) is 13.1 Å². The SMILES string of the molecule is CCCCCCNS(=O)(=O)c1ccc(CCNC2CC2)s1. The third-order valence-corrected chi connectivity index (χ3v) is 6.70. The van der Waals surface area contributed by atoms with Gasteiger partial charge in [0.15, 0.2) is 0 Å². The smallest absolute Gasteiger partial charge is 0.250 e. The van der Waals surface area contributed by atoms with E-state index in [4.69, 9.17) is 0 Å². The Morgan fingerprint density at radius 2 is 2.00 bits per heavy atom. The van der Waals surface area contributed by atoms with E-state index in [1.165, 1.54) is 30.6 Å². The van der Waals surface area contributed by atoms with Gasteiger partial charge in [0, 0.05) is 24.0 Å². The van der Waals surface area contributed by atoms with Gasteiger partial charge in [-0.05, 0) is 37.8 Å². The van der Waals surface area contributed by atoms with Crippen molar-refractivity contribution >= 4 is 21.4 Å². The van der Waals surface area contributed by atoms with Crippen LogP contribution < -0.4 is 10.0 Å². The highest BCUT2D eigenvalue weighted by Crippen LogP contribution is 2.23. The molecular formula is C15H26N2O2S2. The number of hydrogen-bond acceptors (Lipinski definition) is 4. The van der Waals surface area contributed by atoms with Crippen molar-refractivity contribution in [2.45, 2.75) is 62.1 Å². The second kappa shape index (κ2) is 8.27. The Hall–Kier alpha value is -0.430. The van der Waals surface area contributed by atoms with E-state index in [1.54, 1.807) is 6.07 Å². The molecule has 2 rings (SSSR count). The Morgan fingerprint density at radius 3 is 2.71 bits per heavy atom. The van der Waals surface area contributed by atoms with Crippen molar-refractivity contribution in [3.8, 4) is 0 Å². The quantitative estimate of drug-likeness (QED) is 0.613. The molecule has 0 amide bonds. The summed E-state index contributed by atoms with van der Waals surface area (Å²) >= 11 is 1.39. The molecule has 1 fully saturated rings. The van der Waals surface area contributed by atoms with Crippen LogP contribution in [0, 0.1) is 0 Å². The number of rotatable bonds is 11. The minimum absolute atomic E-state index is 0.444. The fourth-order valence-corrected chi connectivity index (χ4v) is 4.63. The third kappa shape index (κ3) is 6.06. The number of sulfonamides is 1. The largest absolute Gasteiger partial charge is 0.314 e. The second-order valence-electron chi connectivity index (χ2n) is 5.66. The van der Waals surface area contributed by atoms with Crippen LogP contribution in [0.15, 0.2) is 16.3 Å². The van der Waals surface area contributed by atoms with E-state index in [9.17, 15) is 8.42 Å². The van der Waals surface area contributed by atoms with Crippen LogP contribution in [-0.4, -0.2) is 27.5 Å². The second-order valence-corrected chi connectivity index (χ2v) is 8.82. The van der Waals surface area contributed by atoms with Crippen molar-refractivity contribution in [3.63, 3.8) is 0 Å². The van der Waals surface area contributed by atoms with E-state index in [1.807, 2.05) is 6.07 Å². The van der Waals surface area contributed by atoms with Crippen molar-refractivity contribution in [2.75, 3.05) is 13.1 Å². The molecule has 0 unspecified atom stereocenters. The first-order valence-electron chi connectivity index (χ1n) is 7.93. The lowest BCUT2D eigenvalue weighted by Crippen LogP contribution is -2.23. The lowest BCUT2D eigenvalue weighted by atomic mass is 10.2. The van der Waals surface area contributed by atoms with Crippen LogP contribution in [0.5, 0.6) is 0 Å². The molecule has 2 N–H and O–H groups in total. The summed E-state index contributed by atoms with van der Waals surface area (Å²) in [5.74, 6) is 0. The van der Waals surface area contributed by atoms with Crippen molar-refractivity contribution < 1.29 is 8.42 Å². The minimum atomic E-state index is -3.31. The van der Waals surface area contributed by atoms with Crippen LogP contribution in [-0.2, 0) is 16.4 Å². The van der Waals surface area contributed by atoms with Crippen molar-refractivity contribution in [3.05, 3.63) is 17.0 Å². The molecule has 6 heteroatoms. The van der Waals surface area contributed by atoms with Gasteiger partial charge in [0.25, 0.3) is 0 Å². The molecule has 1 saturated carbocycles. The Balaban J connectivity index is 1.74. The number of hydrogen-bond donors (Lipinski definition) is 2. The maximum atomic E-state index is 12.2. The third-order valence-electron chi connectivity index (χ3n) is 3.61. The predicted octanol–water partition coefficient (Wildman–Crippen LogP) is 2.90. The Labute approximate surface area is 132 Å². The first-order chi connectivity index (χ1) is 10.1. The summed E-state index contributed by atoms with van der Waals surface area (Å²) in [5.41, 5.74) is 0. The first kappa shape index (κ1) is 16.9. The molecule has 1 aromatic heterocycles. The number of unbranched alkanes of at least 4 members (excludes halogenated alkanes) is 3. The zero-order chi connectivity index (χ0) is 15.1. The Morgan fingerprint density at radius 1 is 1.19 bits per heavy atom. The molecule has 0 saturated heterocycles. The molecule has 0 atom stereocenters. The van der Waals surface area contributed by atoms with E-state index < -0.39 is 10.0 Å². The molecule has 0 aliphatic heterocycles. The summed E-state index contributed by atoms with van der Waals surface area (Å²) in [7, 11) is -3.31. The highest BCUT2D eigenvalue weighted by Gasteiger charge is 2.20. The monoisotopic (exact) mass is 330 g/mol. The average molecular weight is 331 g/mol. The van der Waals surface area contributed by atoms with Crippen molar-refractivity contribution in [1.82, 2.24) is 10.0 Å². The summed E-state index contributed by atoms with van der Waals surface area (Å²) in [4.78, 5) is 1.13. The number of nitrogens with one attached hydrogen (secondary N) is 2. The molecule has 120 valence electrons. The van der Waals surface area contributed by atoms with Gasteiger partial charge in [-0.1, -0.05) is 26.2 Å². The van der Waals surface area contributed by atoms with Gasteiger partial charge in [0.1, 0.15) is 4.21 Å². The molecule has 1 aliphatic carbocycles. The topological polar surface area (TPSA) is 58.2 Å². The van der Waals surface area contributed by atoms with E-state index in [2.05, 4.69) is 17.0 Å². The fraction of sp³-hybridized carbons (Fsp3) is 0.733.